The van der Waals surface area contributed by atoms with Crippen molar-refractivity contribution in [2.45, 2.75) is 32.3 Å². The molecular formula is C17H21NO2S. The van der Waals surface area contributed by atoms with E-state index in [1.54, 1.807) is 11.3 Å². The maximum atomic E-state index is 9.10. The summed E-state index contributed by atoms with van der Waals surface area (Å²) in [6.45, 7) is 5.07. The van der Waals surface area contributed by atoms with Gasteiger partial charge in [0.05, 0.1) is 18.8 Å². The zero-order chi connectivity index (χ0) is 14.7. The van der Waals surface area contributed by atoms with Gasteiger partial charge in [-0.1, -0.05) is 24.3 Å². The molecule has 0 saturated carbocycles. The second-order valence-corrected chi connectivity index (χ2v) is 6.44. The predicted molar refractivity (Wildman–Crippen MR) is 85.2 cm³/mol. The van der Waals surface area contributed by atoms with Gasteiger partial charge in [0.25, 0.3) is 0 Å². The highest BCUT2D eigenvalue weighted by Gasteiger charge is 2.26. The first-order valence-electron chi connectivity index (χ1n) is 7.33. The maximum absolute atomic E-state index is 9.10. The van der Waals surface area contributed by atoms with Gasteiger partial charge in [-0.15, -0.1) is 0 Å². The van der Waals surface area contributed by atoms with E-state index in [2.05, 4.69) is 40.8 Å². The molecule has 1 aromatic heterocycles. The molecular weight excluding hydrogens is 282 g/mol. The lowest BCUT2D eigenvalue weighted by atomic mass is 10.1. The van der Waals surface area contributed by atoms with E-state index < -0.39 is 0 Å². The lowest BCUT2D eigenvalue weighted by Gasteiger charge is -2.36. The minimum Gasteiger partial charge on any atom is -0.392 e. The fourth-order valence-corrected chi connectivity index (χ4v) is 3.52. The van der Waals surface area contributed by atoms with Crippen molar-refractivity contribution in [1.29, 1.82) is 0 Å². The number of ether oxygens (including phenoxy) is 1. The van der Waals surface area contributed by atoms with Crippen LogP contribution in [0.4, 0.5) is 0 Å². The Morgan fingerprint density at radius 3 is 2.62 bits per heavy atom. The number of thiophene rings is 1. The molecule has 1 fully saturated rings. The quantitative estimate of drug-likeness (QED) is 0.941. The van der Waals surface area contributed by atoms with Gasteiger partial charge in [-0.2, -0.15) is 11.3 Å². The van der Waals surface area contributed by atoms with Gasteiger partial charge in [0, 0.05) is 19.6 Å². The third kappa shape index (κ3) is 3.71. The van der Waals surface area contributed by atoms with Crippen LogP contribution in [0.3, 0.4) is 0 Å². The van der Waals surface area contributed by atoms with Crippen molar-refractivity contribution in [2.75, 3.05) is 13.1 Å². The van der Waals surface area contributed by atoms with E-state index in [9.17, 15) is 0 Å². The number of hydrogen-bond acceptors (Lipinski definition) is 4. The lowest BCUT2D eigenvalue weighted by Crippen LogP contribution is -2.42. The molecule has 1 aliphatic rings. The molecule has 2 heterocycles. The van der Waals surface area contributed by atoms with Crippen molar-refractivity contribution in [3.63, 3.8) is 0 Å². The highest BCUT2D eigenvalue weighted by atomic mass is 32.1. The standard InChI is InChI=1S/C17H21NO2S/c1-13-8-18(9-14-2-4-15(11-19)5-3-14)10-17(20-13)16-6-7-21-12-16/h2-7,12-13,17,19H,8-11H2,1H3. The molecule has 0 spiro atoms. The fraction of sp³-hybridized carbons (Fsp3) is 0.412. The van der Waals surface area contributed by atoms with E-state index in [1.165, 1.54) is 11.1 Å². The summed E-state index contributed by atoms with van der Waals surface area (Å²) >= 11 is 1.72. The Labute approximate surface area is 129 Å². The van der Waals surface area contributed by atoms with Gasteiger partial charge in [-0.3, -0.25) is 4.90 Å². The minimum atomic E-state index is 0.106. The van der Waals surface area contributed by atoms with Crippen molar-refractivity contribution in [3.8, 4) is 0 Å². The molecule has 1 N–H and O–H groups in total. The number of benzene rings is 1. The molecule has 3 rings (SSSR count). The molecule has 2 atom stereocenters. The van der Waals surface area contributed by atoms with E-state index in [4.69, 9.17) is 9.84 Å². The Balaban J connectivity index is 1.66. The molecule has 2 aromatic rings. The second kappa shape index (κ2) is 6.71. The highest BCUT2D eigenvalue weighted by molar-refractivity contribution is 7.07. The van der Waals surface area contributed by atoms with Gasteiger partial charge in [-0.25, -0.2) is 0 Å². The predicted octanol–water partition coefficient (Wildman–Crippen LogP) is 3.20. The zero-order valence-electron chi connectivity index (χ0n) is 12.2. The largest absolute Gasteiger partial charge is 0.392 e. The van der Waals surface area contributed by atoms with E-state index in [1.807, 2.05) is 12.1 Å². The van der Waals surface area contributed by atoms with E-state index in [0.29, 0.717) is 0 Å². The Kier molecular flexibility index (Phi) is 4.70. The molecule has 2 unspecified atom stereocenters. The molecule has 0 amide bonds. The summed E-state index contributed by atoms with van der Waals surface area (Å²) in [5.41, 5.74) is 3.53. The van der Waals surface area contributed by atoms with Crippen LogP contribution in [0.1, 0.15) is 29.7 Å². The van der Waals surface area contributed by atoms with Crippen molar-refractivity contribution >= 4 is 11.3 Å². The molecule has 3 nitrogen and oxygen atoms in total. The molecule has 0 aliphatic carbocycles. The number of nitrogens with zero attached hydrogens (tertiary/aromatic N) is 1. The van der Waals surface area contributed by atoms with Crippen molar-refractivity contribution < 1.29 is 9.84 Å². The molecule has 1 saturated heterocycles. The Morgan fingerprint density at radius 1 is 1.19 bits per heavy atom. The van der Waals surface area contributed by atoms with Gasteiger partial charge >= 0.3 is 0 Å². The highest BCUT2D eigenvalue weighted by Crippen LogP contribution is 2.27. The van der Waals surface area contributed by atoms with Gasteiger partial charge in [0.1, 0.15) is 0 Å². The SMILES string of the molecule is CC1CN(Cc2ccc(CO)cc2)CC(c2ccsc2)O1. The van der Waals surface area contributed by atoms with E-state index in [-0.39, 0.29) is 18.8 Å². The zero-order valence-corrected chi connectivity index (χ0v) is 13.1. The molecule has 1 aliphatic heterocycles. The van der Waals surface area contributed by atoms with Gasteiger partial charge in [-0.05, 0) is 40.4 Å². The normalized spacial score (nSPS) is 23.3. The summed E-state index contributed by atoms with van der Waals surface area (Å²) in [6.07, 6.45) is 0.428. The Hall–Kier alpha value is -1.20. The summed E-state index contributed by atoms with van der Waals surface area (Å²) in [6, 6.07) is 10.4. The van der Waals surface area contributed by atoms with Crippen LogP contribution in [-0.4, -0.2) is 29.2 Å². The minimum absolute atomic E-state index is 0.106. The van der Waals surface area contributed by atoms with Gasteiger partial charge < -0.3 is 9.84 Å². The molecule has 112 valence electrons. The topological polar surface area (TPSA) is 32.7 Å². The van der Waals surface area contributed by atoms with Gasteiger partial charge in [0.2, 0.25) is 0 Å². The smallest absolute Gasteiger partial charge is 0.0964 e. The fourth-order valence-electron chi connectivity index (χ4n) is 2.82. The average Bonchev–Trinajstić information content (AvgIpc) is 3.02. The Bertz CT molecular complexity index is 553. The third-order valence-electron chi connectivity index (χ3n) is 3.86. The molecule has 4 heteroatoms. The van der Waals surface area contributed by atoms with Crippen molar-refractivity contribution in [2.24, 2.45) is 0 Å². The summed E-state index contributed by atoms with van der Waals surface area (Å²) < 4.78 is 6.07. The first-order valence-corrected chi connectivity index (χ1v) is 8.27. The monoisotopic (exact) mass is 303 g/mol. The van der Waals surface area contributed by atoms with Crippen LogP contribution in [0.25, 0.3) is 0 Å². The third-order valence-corrected chi connectivity index (χ3v) is 4.56. The molecule has 21 heavy (non-hydrogen) atoms. The molecule has 0 radical (unpaired) electrons. The maximum Gasteiger partial charge on any atom is 0.0964 e. The van der Waals surface area contributed by atoms with Gasteiger partial charge in [0.15, 0.2) is 0 Å². The van der Waals surface area contributed by atoms with Crippen LogP contribution < -0.4 is 0 Å². The number of morpholine rings is 1. The Morgan fingerprint density at radius 2 is 1.95 bits per heavy atom. The molecule has 0 bridgehead atoms. The average molecular weight is 303 g/mol. The number of hydrogen-bond donors (Lipinski definition) is 1. The van der Waals surface area contributed by atoms with Crippen LogP contribution in [0.2, 0.25) is 0 Å². The first kappa shape index (κ1) is 14.7. The van der Waals surface area contributed by atoms with Crippen LogP contribution in [0.15, 0.2) is 41.1 Å². The van der Waals surface area contributed by atoms with E-state index >= 15 is 0 Å². The van der Waals surface area contributed by atoms with E-state index in [0.717, 1.165) is 25.2 Å². The van der Waals surface area contributed by atoms with Crippen LogP contribution in [0.5, 0.6) is 0 Å². The first-order chi connectivity index (χ1) is 10.2. The second-order valence-electron chi connectivity index (χ2n) is 5.66. The van der Waals surface area contributed by atoms with Crippen molar-refractivity contribution in [3.05, 3.63) is 57.8 Å². The summed E-state index contributed by atoms with van der Waals surface area (Å²) in [4.78, 5) is 2.45. The van der Waals surface area contributed by atoms with Crippen LogP contribution >= 0.6 is 11.3 Å². The summed E-state index contributed by atoms with van der Waals surface area (Å²) in [7, 11) is 0. The molecule has 1 aromatic carbocycles. The number of rotatable bonds is 4. The summed E-state index contributed by atoms with van der Waals surface area (Å²) in [5.74, 6) is 0. The number of aliphatic hydroxyl groups is 1. The summed E-state index contributed by atoms with van der Waals surface area (Å²) in [5, 5.41) is 13.4. The van der Waals surface area contributed by atoms with Crippen LogP contribution in [-0.2, 0) is 17.9 Å². The lowest BCUT2D eigenvalue weighted by molar-refractivity contribution is -0.0812. The van der Waals surface area contributed by atoms with Crippen molar-refractivity contribution in [1.82, 2.24) is 4.90 Å². The van der Waals surface area contributed by atoms with Crippen LogP contribution in [0, 0.1) is 0 Å². The number of aliphatic hydroxyl groups excluding tert-OH is 1.